The maximum atomic E-state index is 5.81. The summed E-state index contributed by atoms with van der Waals surface area (Å²) < 4.78 is 0. The molecule has 0 amide bonds. The van der Waals surface area contributed by atoms with Gasteiger partial charge in [-0.2, -0.15) is 0 Å². The monoisotopic (exact) mass is 366 g/mol. The molecule has 1 aliphatic rings. The fourth-order valence-corrected chi connectivity index (χ4v) is 3.10. The Hall–Kier alpha value is -2.36. The zero-order chi connectivity index (χ0) is 19.5. The third kappa shape index (κ3) is 7.05. The van der Waals surface area contributed by atoms with Gasteiger partial charge >= 0.3 is 0 Å². The number of nitrogens with two attached hydrogens (primary N) is 1. The maximum absolute atomic E-state index is 5.81. The Labute approximate surface area is 164 Å². The van der Waals surface area contributed by atoms with Crippen LogP contribution >= 0.6 is 0 Å². The van der Waals surface area contributed by atoms with E-state index in [1.54, 1.807) is 0 Å². The first-order valence-corrected chi connectivity index (χ1v) is 10.3. The summed E-state index contributed by atoms with van der Waals surface area (Å²) in [5.41, 5.74) is 10.1. The van der Waals surface area contributed by atoms with Crippen LogP contribution in [0.5, 0.6) is 0 Å². The van der Waals surface area contributed by atoms with Gasteiger partial charge in [-0.15, -0.1) is 0 Å². The first-order valence-electron chi connectivity index (χ1n) is 10.3. The highest BCUT2D eigenvalue weighted by Crippen LogP contribution is 2.24. The van der Waals surface area contributed by atoms with E-state index < -0.39 is 0 Å². The number of aryl methyl sites for hydroxylation is 1. The van der Waals surface area contributed by atoms with Gasteiger partial charge in [0.25, 0.3) is 0 Å². The van der Waals surface area contributed by atoms with Crippen molar-refractivity contribution in [1.29, 1.82) is 0 Å². The van der Waals surface area contributed by atoms with Crippen molar-refractivity contribution in [3.05, 3.63) is 48.2 Å². The van der Waals surface area contributed by atoms with Gasteiger partial charge in [0.2, 0.25) is 0 Å². The predicted molar refractivity (Wildman–Crippen MR) is 117 cm³/mol. The molecule has 0 bridgehead atoms. The van der Waals surface area contributed by atoms with Crippen molar-refractivity contribution in [2.75, 3.05) is 17.6 Å². The van der Waals surface area contributed by atoms with Crippen molar-refractivity contribution in [2.24, 2.45) is 0 Å². The topological polar surface area (TPSA) is 63.8 Å². The molecule has 0 saturated heterocycles. The minimum absolute atomic E-state index is 0.515. The van der Waals surface area contributed by atoms with Crippen molar-refractivity contribution >= 4 is 11.6 Å². The Morgan fingerprint density at radius 1 is 1.11 bits per heavy atom. The highest BCUT2D eigenvalue weighted by Gasteiger charge is 2.07. The van der Waals surface area contributed by atoms with Crippen LogP contribution in [0.3, 0.4) is 0 Å². The van der Waals surface area contributed by atoms with Crippen molar-refractivity contribution in [3.8, 4) is 11.3 Å². The SMILES string of the molecule is C1CCCCC1.C=C(CC)CNc1cccc(-c2cc(N)ncc2CC)n1. The van der Waals surface area contributed by atoms with E-state index in [1.165, 1.54) is 38.5 Å². The molecule has 1 aliphatic carbocycles. The molecule has 3 N–H and O–H groups in total. The van der Waals surface area contributed by atoms with Crippen LogP contribution in [-0.2, 0) is 6.42 Å². The van der Waals surface area contributed by atoms with Crippen molar-refractivity contribution in [2.45, 2.75) is 65.2 Å². The van der Waals surface area contributed by atoms with Gasteiger partial charge in [0, 0.05) is 18.3 Å². The minimum Gasteiger partial charge on any atom is -0.384 e. The van der Waals surface area contributed by atoms with E-state index in [-0.39, 0.29) is 0 Å². The number of nitrogens with zero attached hydrogens (tertiary/aromatic N) is 2. The van der Waals surface area contributed by atoms with Crippen LogP contribution < -0.4 is 11.1 Å². The standard InChI is InChI=1S/C17H22N4.C6H12/c1-4-12(3)10-20-17-8-6-7-15(21-17)14-9-16(18)19-11-13(14)5-2;1-2-4-6-5-3-1/h6-9,11H,3-5,10H2,1-2H3,(H2,18,19)(H,20,21);1-6H2. The van der Waals surface area contributed by atoms with Gasteiger partial charge in [-0.25, -0.2) is 9.97 Å². The molecule has 0 atom stereocenters. The van der Waals surface area contributed by atoms with Crippen LogP contribution in [0, 0.1) is 0 Å². The largest absolute Gasteiger partial charge is 0.384 e. The second-order valence-electron chi connectivity index (χ2n) is 7.11. The lowest BCUT2D eigenvalue weighted by molar-refractivity contribution is 0.504. The van der Waals surface area contributed by atoms with Gasteiger partial charge in [-0.3, -0.25) is 0 Å². The first-order chi connectivity index (χ1) is 13.1. The van der Waals surface area contributed by atoms with Crippen LogP contribution in [0.1, 0.15) is 64.4 Å². The Morgan fingerprint density at radius 2 is 1.78 bits per heavy atom. The average Bonchev–Trinajstić information content (AvgIpc) is 2.74. The molecule has 0 spiro atoms. The smallest absolute Gasteiger partial charge is 0.126 e. The van der Waals surface area contributed by atoms with Crippen LogP contribution in [-0.4, -0.2) is 16.5 Å². The van der Waals surface area contributed by atoms with Gasteiger partial charge in [0.05, 0.1) is 5.69 Å². The molecule has 0 aromatic carbocycles. The van der Waals surface area contributed by atoms with Crippen LogP contribution in [0.4, 0.5) is 11.6 Å². The molecule has 4 heteroatoms. The van der Waals surface area contributed by atoms with Crippen LogP contribution in [0.2, 0.25) is 0 Å². The maximum Gasteiger partial charge on any atom is 0.126 e. The van der Waals surface area contributed by atoms with E-state index >= 15 is 0 Å². The summed E-state index contributed by atoms with van der Waals surface area (Å²) in [4.78, 5) is 8.82. The summed E-state index contributed by atoms with van der Waals surface area (Å²) in [5, 5.41) is 3.30. The number of nitrogens with one attached hydrogen (secondary N) is 1. The molecule has 3 rings (SSSR count). The number of hydrogen-bond donors (Lipinski definition) is 2. The van der Waals surface area contributed by atoms with E-state index in [4.69, 9.17) is 5.73 Å². The Kier molecular flexibility index (Phi) is 8.82. The third-order valence-electron chi connectivity index (χ3n) is 4.93. The molecule has 1 fully saturated rings. The fraction of sp³-hybridized carbons (Fsp3) is 0.478. The van der Waals surface area contributed by atoms with E-state index in [0.29, 0.717) is 5.82 Å². The third-order valence-corrected chi connectivity index (χ3v) is 4.93. The summed E-state index contributed by atoms with van der Waals surface area (Å²) in [6.07, 6.45) is 12.7. The normalized spacial score (nSPS) is 13.4. The molecule has 1 saturated carbocycles. The average molecular weight is 367 g/mol. The second-order valence-corrected chi connectivity index (χ2v) is 7.11. The molecule has 146 valence electrons. The molecule has 2 aromatic rings. The molecule has 2 heterocycles. The number of nitrogen functional groups attached to an aromatic ring is 1. The lowest BCUT2D eigenvalue weighted by Gasteiger charge is -2.11. The number of anilines is 2. The lowest BCUT2D eigenvalue weighted by atomic mass is 10.0. The van der Waals surface area contributed by atoms with Gasteiger partial charge in [0.1, 0.15) is 11.6 Å². The number of hydrogen-bond acceptors (Lipinski definition) is 4. The Balaban J connectivity index is 0.000000369. The molecular formula is C23H34N4. The molecular weight excluding hydrogens is 332 g/mol. The summed E-state index contributed by atoms with van der Waals surface area (Å²) in [6.45, 7) is 8.93. The molecule has 0 unspecified atom stereocenters. The fourth-order valence-electron chi connectivity index (χ4n) is 3.10. The molecule has 0 aliphatic heterocycles. The van der Waals surface area contributed by atoms with Gasteiger partial charge in [-0.05, 0) is 36.6 Å². The number of pyridine rings is 2. The van der Waals surface area contributed by atoms with E-state index in [2.05, 4.69) is 35.7 Å². The Morgan fingerprint density at radius 3 is 2.37 bits per heavy atom. The zero-order valence-electron chi connectivity index (χ0n) is 16.9. The second kappa shape index (κ2) is 11.4. The first kappa shape index (κ1) is 20.9. The van der Waals surface area contributed by atoms with E-state index in [1.807, 2.05) is 30.5 Å². The summed E-state index contributed by atoms with van der Waals surface area (Å²) >= 11 is 0. The van der Waals surface area contributed by atoms with Crippen molar-refractivity contribution in [1.82, 2.24) is 9.97 Å². The number of aromatic nitrogens is 2. The summed E-state index contributed by atoms with van der Waals surface area (Å²) in [7, 11) is 0. The molecule has 0 radical (unpaired) electrons. The predicted octanol–water partition coefficient (Wildman–Crippen LogP) is 6.01. The number of rotatable bonds is 6. The highest BCUT2D eigenvalue weighted by molar-refractivity contribution is 5.67. The van der Waals surface area contributed by atoms with E-state index in [9.17, 15) is 0 Å². The van der Waals surface area contributed by atoms with Crippen LogP contribution in [0.15, 0.2) is 42.6 Å². The zero-order valence-corrected chi connectivity index (χ0v) is 16.9. The highest BCUT2D eigenvalue weighted by atomic mass is 15.0. The summed E-state index contributed by atoms with van der Waals surface area (Å²) in [5.74, 6) is 1.36. The summed E-state index contributed by atoms with van der Waals surface area (Å²) in [6, 6.07) is 7.84. The van der Waals surface area contributed by atoms with Crippen LogP contribution in [0.25, 0.3) is 11.3 Å². The molecule has 4 nitrogen and oxygen atoms in total. The quantitative estimate of drug-likeness (QED) is 0.615. The molecule has 27 heavy (non-hydrogen) atoms. The Bertz CT molecular complexity index is 709. The minimum atomic E-state index is 0.515. The van der Waals surface area contributed by atoms with Crippen molar-refractivity contribution < 1.29 is 0 Å². The lowest BCUT2D eigenvalue weighted by Crippen LogP contribution is -2.05. The van der Waals surface area contributed by atoms with Gasteiger partial charge in [-0.1, -0.05) is 70.6 Å². The van der Waals surface area contributed by atoms with Gasteiger partial charge < -0.3 is 11.1 Å². The van der Waals surface area contributed by atoms with Gasteiger partial charge in [0.15, 0.2) is 0 Å². The van der Waals surface area contributed by atoms with Crippen molar-refractivity contribution in [3.63, 3.8) is 0 Å². The van der Waals surface area contributed by atoms with E-state index in [0.717, 1.165) is 47.6 Å². The molecule has 2 aromatic heterocycles.